The van der Waals surface area contributed by atoms with Crippen LogP contribution in [0.5, 0.6) is 0 Å². The highest BCUT2D eigenvalue weighted by Gasteiger charge is 2.27. The van der Waals surface area contributed by atoms with Gasteiger partial charge in [0.1, 0.15) is 6.04 Å². The van der Waals surface area contributed by atoms with Crippen LogP contribution in [0.3, 0.4) is 0 Å². The Kier molecular flexibility index (Phi) is 7.69. The molecule has 3 aromatic rings. The van der Waals surface area contributed by atoms with E-state index in [1.165, 1.54) is 0 Å². The fourth-order valence-electron chi connectivity index (χ4n) is 3.24. The van der Waals surface area contributed by atoms with Crippen molar-refractivity contribution in [3.63, 3.8) is 0 Å². The van der Waals surface area contributed by atoms with Crippen LogP contribution in [0, 0.1) is 0 Å². The Hall–Kier alpha value is -4.01. The van der Waals surface area contributed by atoms with Crippen LogP contribution in [-0.2, 0) is 4.79 Å². The number of carbonyl (C=O) groups excluding carboxylic acids is 1. The van der Waals surface area contributed by atoms with Crippen LogP contribution in [0.4, 0.5) is 0 Å². The van der Waals surface area contributed by atoms with E-state index in [0.717, 1.165) is 11.1 Å². The van der Waals surface area contributed by atoms with E-state index in [0.29, 0.717) is 18.8 Å². The number of nitrogens with two attached hydrogens (primary N) is 1. The molecule has 0 fully saturated rings. The minimum absolute atomic E-state index is 0.190. The summed E-state index contributed by atoms with van der Waals surface area (Å²) in [6.45, 7) is 2.03. The lowest BCUT2D eigenvalue weighted by atomic mass is 9.91. The topological polar surface area (TPSA) is 144 Å². The van der Waals surface area contributed by atoms with Crippen molar-refractivity contribution < 1.29 is 19.1 Å². The Balaban J connectivity index is 1.77. The van der Waals surface area contributed by atoms with Crippen molar-refractivity contribution in [3.8, 4) is 0 Å². The third kappa shape index (κ3) is 6.00. The molecule has 9 heteroatoms. The third-order valence-electron chi connectivity index (χ3n) is 4.76. The zero-order valence-corrected chi connectivity index (χ0v) is 17.6. The molecule has 1 amide bonds. The van der Waals surface area contributed by atoms with Crippen molar-refractivity contribution in [2.24, 2.45) is 10.7 Å². The summed E-state index contributed by atoms with van der Waals surface area (Å²) in [7, 11) is 0. The maximum absolute atomic E-state index is 12.6. The van der Waals surface area contributed by atoms with Gasteiger partial charge in [0.2, 0.25) is 5.89 Å². The number of carboxylic acids is 1. The van der Waals surface area contributed by atoms with Gasteiger partial charge in [-0.1, -0.05) is 60.7 Å². The summed E-state index contributed by atoms with van der Waals surface area (Å²) in [6, 6.07) is 18.1. The van der Waals surface area contributed by atoms with Gasteiger partial charge in [0, 0.05) is 6.54 Å². The molecule has 4 N–H and O–H groups in total. The van der Waals surface area contributed by atoms with E-state index in [1.807, 2.05) is 60.7 Å². The summed E-state index contributed by atoms with van der Waals surface area (Å²) >= 11 is 0. The number of carboxylic acid groups (broad SMARTS) is 1. The summed E-state index contributed by atoms with van der Waals surface area (Å²) in [5, 5.41) is 19.8. The van der Waals surface area contributed by atoms with Gasteiger partial charge in [-0.25, -0.2) is 4.79 Å². The lowest BCUT2D eigenvalue weighted by molar-refractivity contribution is -0.139. The van der Waals surface area contributed by atoms with Crippen LogP contribution in [0.15, 0.2) is 70.1 Å². The molecule has 9 nitrogen and oxygen atoms in total. The number of amidine groups is 1. The van der Waals surface area contributed by atoms with Crippen LogP contribution in [-0.4, -0.2) is 45.6 Å². The molecule has 0 bridgehead atoms. The molecule has 166 valence electrons. The average Bonchev–Trinajstić information content (AvgIpc) is 3.27. The fourth-order valence-corrected chi connectivity index (χ4v) is 3.24. The number of nitrogens with zero attached hydrogens (tertiary/aromatic N) is 3. The monoisotopic (exact) mass is 435 g/mol. The molecule has 0 radical (unpaired) electrons. The highest BCUT2D eigenvalue weighted by atomic mass is 16.4. The molecule has 3 rings (SSSR count). The first-order valence-electron chi connectivity index (χ1n) is 10.2. The second-order valence-electron chi connectivity index (χ2n) is 7.23. The number of aromatic nitrogens is 2. The first-order valence-corrected chi connectivity index (χ1v) is 10.2. The first kappa shape index (κ1) is 22.7. The van der Waals surface area contributed by atoms with Gasteiger partial charge in [-0.3, -0.25) is 9.79 Å². The molecule has 1 aromatic heterocycles. The SMILES string of the molecule is CC(N)=NCCC[C@H](NC(=O)c1nnc(C(c2ccccc2)c2ccccc2)o1)C(=O)O. The van der Waals surface area contributed by atoms with Crippen molar-refractivity contribution in [2.45, 2.75) is 31.7 Å². The van der Waals surface area contributed by atoms with Crippen molar-refractivity contribution in [3.05, 3.63) is 83.6 Å². The number of nitrogens with one attached hydrogen (secondary N) is 1. The second-order valence-corrected chi connectivity index (χ2v) is 7.23. The quantitative estimate of drug-likeness (QED) is 0.252. The molecular formula is C23H25N5O4. The Bertz CT molecular complexity index is 1020. The van der Waals surface area contributed by atoms with Crippen LogP contribution in [0.25, 0.3) is 0 Å². The second kappa shape index (κ2) is 10.9. The number of amides is 1. The molecule has 1 atom stereocenters. The first-order chi connectivity index (χ1) is 15.5. The molecule has 0 unspecified atom stereocenters. The summed E-state index contributed by atoms with van der Waals surface area (Å²) in [5.41, 5.74) is 7.32. The molecule has 0 aliphatic heterocycles. The van der Waals surface area contributed by atoms with Gasteiger partial charge in [-0.15, -0.1) is 10.2 Å². The van der Waals surface area contributed by atoms with E-state index in [2.05, 4.69) is 20.5 Å². The molecule has 0 saturated heterocycles. The van der Waals surface area contributed by atoms with E-state index in [1.54, 1.807) is 6.92 Å². The maximum Gasteiger partial charge on any atom is 0.326 e. The number of carbonyl (C=O) groups is 2. The van der Waals surface area contributed by atoms with E-state index >= 15 is 0 Å². The molecule has 1 heterocycles. The highest BCUT2D eigenvalue weighted by Crippen LogP contribution is 2.30. The predicted octanol–water partition coefficient (Wildman–Crippen LogP) is 2.59. The largest absolute Gasteiger partial charge is 0.480 e. The minimum atomic E-state index is -1.15. The smallest absolute Gasteiger partial charge is 0.326 e. The molecule has 0 aliphatic rings. The van der Waals surface area contributed by atoms with Gasteiger partial charge in [-0.05, 0) is 30.9 Å². The Morgan fingerprint density at radius 3 is 2.19 bits per heavy atom. The number of benzene rings is 2. The van der Waals surface area contributed by atoms with Crippen LogP contribution >= 0.6 is 0 Å². The molecule has 0 saturated carbocycles. The Morgan fingerprint density at radius 1 is 1.06 bits per heavy atom. The standard InChI is InChI=1S/C23H25N5O4/c1-15(24)25-14-8-13-18(23(30)31)26-20(29)22-28-27-21(32-22)19(16-9-4-2-5-10-16)17-11-6-3-7-12-17/h2-7,9-12,18-19H,8,13-14H2,1H3,(H2,24,25)(H,26,29)(H,30,31)/t18-/m0/s1. The van der Waals surface area contributed by atoms with Crippen LogP contribution in [0.1, 0.15) is 53.4 Å². The number of hydrogen-bond donors (Lipinski definition) is 3. The molecule has 0 aliphatic carbocycles. The number of aliphatic carboxylic acids is 1. The van der Waals surface area contributed by atoms with Crippen molar-refractivity contribution in [1.82, 2.24) is 15.5 Å². The van der Waals surface area contributed by atoms with E-state index in [4.69, 9.17) is 10.2 Å². The van der Waals surface area contributed by atoms with Gasteiger partial charge in [0.15, 0.2) is 0 Å². The summed E-state index contributed by atoms with van der Waals surface area (Å²) in [4.78, 5) is 28.1. The normalized spacial score (nSPS) is 12.5. The molecule has 32 heavy (non-hydrogen) atoms. The Morgan fingerprint density at radius 2 is 1.66 bits per heavy atom. The average molecular weight is 435 g/mol. The van der Waals surface area contributed by atoms with Gasteiger partial charge >= 0.3 is 17.8 Å². The van der Waals surface area contributed by atoms with E-state index < -0.39 is 17.9 Å². The highest BCUT2D eigenvalue weighted by molar-refractivity contribution is 5.92. The molecule has 2 aromatic carbocycles. The van der Waals surface area contributed by atoms with E-state index in [-0.39, 0.29) is 24.1 Å². The Labute approximate surface area is 185 Å². The lowest BCUT2D eigenvalue weighted by Crippen LogP contribution is -2.41. The van der Waals surface area contributed by atoms with Crippen molar-refractivity contribution >= 4 is 17.7 Å². The van der Waals surface area contributed by atoms with Crippen LogP contribution in [0.2, 0.25) is 0 Å². The maximum atomic E-state index is 12.6. The van der Waals surface area contributed by atoms with Crippen LogP contribution < -0.4 is 11.1 Å². The van der Waals surface area contributed by atoms with Gasteiger partial charge in [0.05, 0.1) is 11.8 Å². The summed E-state index contributed by atoms with van der Waals surface area (Å²) < 4.78 is 5.69. The predicted molar refractivity (Wildman–Crippen MR) is 118 cm³/mol. The minimum Gasteiger partial charge on any atom is -0.480 e. The zero-order valence-electron chi connectivity index (χ0n) is 17.6. The molecule has 0 spiro atoms. The summed E-state index contributed by atoms with van der Waals surface area (Å²) in [6.07, 6.45) is 0.639. The molecular weight excluding hydrogens is 410 g/mol. The van der Waals surface area contributed by atoms with Gasteiger partial charge < -0.3 is 20.6 Å². The summed E-state index contributed by atoms with van der Waals surface area (Å²) in [5.74, 6) is -1.89. The van der Waals surface area contributed by atoms with Crippen molar-refractivity contribution in [1.29, 1.82) is 0 Å². The lowest BCUT2D eigenvalue weighted by Gasteiger charge is -2.14. The van der Waals surface area contributed by atoms with E-state index in [9.17, 15) is 14.7 Å². The van der Waals surface area contributed by atoms with Gasteiger partial charge in [-0.2, -0.15) is 0 Å². The number of rotatable bonds is 10. The number of hydrogen-bond acceptors (Lipinski definition) is 6. The fraction of sp³-hybridized carbons (Fsp3) is 0.261. The van der Waals surface area contributed by atoms with Crippen molar-refractivity contribution in [2.75, 3.05) is 6.54 Å². The number of aliphatic imine (C=N–C) groups is 1. The van der Waals surface area contributed by atoms with Gasteiger partial charge in [0.25, 0.3) is 0 Å². The zero-order chi connectivity index (χ0) is 22.9. The third-order valence-corrected chi connectivity index (χ3v) is 4.76.